The molecule has 0 aliphatic carbocycles. The normalized spacial score (nSPS) is 13.6. The molecule has 2 atom stereocenters. The summed E-state index contributed by atoms with van der Waals surface area (Å²) >= 11 is 1.53. The van der Waals surface area contributed by atoms with Crippen LogP contribution in [0.2, 0.25) is 0 Å². The van der Waals surface area contributed by atoms with Crippen LogP contribution >= 0.6 is 11.8 Å². The van der Waals surface area contributed by atoms with Gasteiger partial charge in [0.25, 0.3) is 5.69 Å². The Labute approximate surface area is 121 Å². The minimum atomic E-state index is -0.567. The number of nitro benzene ring substituents is 1. The molecule has 0 bridgehead atoms. The molecule has 0 aliphatic rings. The van der Waals surface area contributed by atoms with Crippen molar-refractivity contribution in [3.8, 4) is 0 Å². The molecule has 110 valence electrons. The van der Waals surface area contributed by atoms with E-state index in [-0.39, 0.29) is 34.9 Å². The third kappa shape index (κ3) is 3.94. The number of anilines is 1. The number of thioether (sulfide) groups is 1. The maximum absolute atomic E-state index is 11.5. The molecule has 20 heavy (non-hydrogen) atoms. The van der Waals surface area contributed by atoms with Gasteiger partial charge in [-0.05, 0) is 32.2 Å². The highest BCUT2D eigenvalue weighted by Crippen LogP contribution is 2.24. The van der Waals surface area contributed by atoms with Crippen LogP contribution in [0.15, 0.2) is 18.2 Å². The predicted molar refractivity (Wildman–Crippen MR) is 80.6 cm³/mol. The van der Waals surface area contributed by atoms with E-state index < -0.39 is 4.92 Å². The van der Waals surface area contributed by atoms with Crippen molar-refractivity contribution in [2.75, 3.05) is 18.2 Å². The number of aliphatic hydroxyl groups is 1. The van der Waals surface area contributed by atoms with Gasteiger partial charge >= 0.3 is 0 Å². The van der Waals surface area contributed by atoms with Crippen LogP contribution in [-0.2, 0) is 0 Å². The van der Waals surface area contributed by atoms with Gasteiger partial charge in [-0.3, -0.25) is 14.9 Å². The molecule has 0 fully saturated rings. The number of benzene rings is 1. The van der Waals surface area contributed by atoms with E-state index >= 15 is 0 Å². The first-order valence-corrected chi connectivity index (χ1v) is 7.39. The number of aliphatic hydroxyl groups excluding tert-OH is 1. The monoisotopic (exact) mass is 298 g/mol. The molecular formula is C13H18N2O4S. The Morgan fingerprint density at radius 3 is 2.65 bits per heavy atom. The zero-order chi connectivity index (χ0) is 15.3. The molecule has 0 aromatic heterocycles. The number of Topliss-reactive ketones (excluding diaryl/α,β-unsaturated/α-hetero) is 1. The summed E-state index contributed by atoms with van der Waals surface area (Å²) in [5.74, 6) is -0.350. The van der Waals surface area contributed by atoms with Crippen LogP contribution < -0.4 is 5.32 Å². The van der Waals surface area contributed by atoms with Crippen LogP contribution in [0.3, 0.4) is 0 Å². The number of nitrogens with zero attached hydrogens (tertiary/aromatic N) is 1. The van der Waals surface area contributed by atoms with Gasteiger partial charge in [-0.2, -0.15) is 11.8 Å². The number of hydrogen-bond donors (Lipinski definition) is 2. The SMILES string of the molecule is CSC(CO)C(C)Nc1ccc([N+](=O)[O-])c(C(C)=O)c1. The molecule has 2 N–H and O–H groups in total. The van der Waals surface area contributed by atoms with Crippen LogP contribution in [0.5, 0.6) is 0 Å². The summed E-state index contributed by atoms with van der Waals surface area (Å²) in [6.07, 6.45) is 1.90. The average Bonchev–Trinajstić information content (AvgIpc) is 2.39. The van der Waals surface area contributed by atoms with Gasteiger partial charge < -0.3 is 10.4 Å². The second kappa shape index (κ2) is 7.25. The molecule has 0 spiro atoms. The van der Waals surface area contributed by atoms with Crippen LogP contribution in [0.1, 0.15) is 24.2 Å². The van der Waals surface area contributed by atoms with Gasteiger partial charge in [0, 0.05) is 23.0 Å². The minimum Gasteiger partial charge on any atom is -0.395 e. The van der Waals surface area contributed by atoms with Crippen molar-refractivity contribution in [2.45, 2.75) is 25.1 Å². The Morgan fingerprint density at radius 2 is 2.20 bits per heavy atom. The van der Waals surface area contributed by atoms with E-state index in [0.717, 1.165) is 0 Å². The summed E-state index contributed by atoms with van der Waals surface area (Å²) in [5.41, 5.74) is 0.511. The lowest BCUT2D eigenvalue weighted by Gasteiger charge is -2.22. The summed E-state index contributed by atoms with van der Waals surface area (Å²) < 4.78 is 0. The fraction of sp³-hybridized carbons (Fsp3) is 0.462. The van der Waals surface area contributed by atoms with Crippen LogP contribution in [-0.4, -0.2) is 40.0 Å². The molecule has 2 unspecified atom stereocenters. The highest BCUT2D eigenvalue weighted by atomic mass is 32.2. The van der Waals surface area contributed by atoms with Gasteiger partial charge in [0.05, 0.1) is 17.1 Å². The van der Waals surface area contributed by atoms with Crippen molar-refractivity contribution in [2.24, 2.45) is 0 Å². The Hall–Kier alpha value is -1.60. The molecule has 0 heterocycles. The molecule has 0 saturated carbocycles. The lowest BCUT2D eigenvalue weighted by Crippen LogP contribution is -2.31. The maximum atomic E-state index is 11.5. The molecule has 0 saturated heterocycles. The highest BCUT2D eigenvalue weighted by molar-refractivity contribution is 7.99. The van der Waals surface area contributed by atoms with Gasteiger partial charge in [0.15, 0.2) is 5.78 Å². The number of carbonyl (C=O) groups excluding carboxylic acids is 1. The highest BCUT2D eigenvalue weighted by Gasteiger charge is 2.20. The molecule has 0 amide bonds. The molecule has 6 nitrogen and oxygen atoms in total. The minimum absolute atomic E-state index is 0.00553. The van der Waals surface area contributed by atoms with Crippen molar-refractivity contribution < 1.29 is 14.8 Å². The molecule has 0 aliphatic heterocycles. The number of ketones is 1. The average molecular weight is 298 g/mol. The van der Waals surface area contributed by atoms with E-state index in [9.17, 15) is 20.0 Å². The van der Waals surface area contributed by atoms with Crippen molar-refractivity contribution in [3.63, 3.8) is 0 Å². The van der Waals surface area contributed by atoms with E-state index in [4.69, 9.17) is 0 Å². The fourth-order valence-corrected chi connectivity index (χ4v) is 2.48. The zero-order valence-corrected chi connectivity index (χ0v) is 12.4. The molecule has 1 aromatic rings. The third-order valence-corrected chi connectivity index (χ3v) is 4.17. The Kier molecular flexibility index (Phi) is 5.97. The van der Waals surface area contributed by atoms with E-state index in [0.29, 0.717) is 5.69 Å². The topological polar surface area (TPSA) is 92.5 Å². The van der Waals surface area contributed by atoms with Crippen LogP contribution in [0.4, 0.5) is 11.4 Å². The molecular weight excluding hydrogens is 280 g/mol. The smallest absolute Gasteiger partial charge is 0.280 e. The summed E-state index contributed by atoms with van der Waals surface area (Å²) in [7, 11) is 0. The van der Waals surface area contributed by atoms with Gasteiger partial charge in [-0.15, -0.1) is 0 Å². The summed E-state index contributed by atoms with van der Waals surface area (Å²) in [6, 6.07) is 4.33. The van der Waals surface area contributed by atoms with Crippen LogP contribution in [0, 0.1) is 10.1 Å². The Bertz CT molecular complexity index is 503. The molecule has 0 radical (unpaired) electrons. The quantitative estimate of drug-likeness (QED) is 0.456. The first kappa shape index (κ1) is 16.5. The summed E-state index contributed by atoms with van der Waals surface area (Å²) in [5, 5.41) is 23.2. The fourth-order valence-electron chi connectivity index (χ4n) is 1.86. The van der Waals surface area contributed by atoms with Crippen LogP contribution in [0.25, 0.3) is 0 Å². The van der Waals surface area contributed by atoms with Gasteiger partial charge in [-0.1, -0.05) is 0 Å². The van der Waals surface area contributed by atoms with E-state index in [2.05, 4.69) is 5.32 Å². The van der Waals surface area contributed by atoms with E-state index in [1.165, 1.54) is 30.8 Å². The Morgan fingerprint density at radius 1 is 1.55 bits per heavy atom. The number of rotatable bonds is 7. The molecule has 1 rings (SSSR count). The maximum Gasteiger partial charge on any atom is 0.280 e. The molecule has 1 aromatic carbocycles. The second-order valence-corrected chi connectivity index (χ2v) is 5.51. The first-order chi connectivity index (χ1) is 9.40. The van der Waals surface area contributed by atoms with E-state index in [1.54, 1.807) is 6.07 Å². The zero-order valence-electron chi connectivity index (χ0n) is 11.6. The number of hydrogen-bond acceptors (Lipinski definition) is 6. The lowest BCUT2D eigenvalue weighted by atomic mass is 10.1. The number of nitro groups is 1. The Balaban J connectivity index is 3.01. The number of carbonyl (C=O) groups is 1. The van der Waals surface area contributed by atoms with Crippen molar-refractivity contribution >= 4 is 28.9 Å². The van der Waals surface area contributed by atoms with Gasteiger partial charge in [-0.25, -0.2) is 0 Å². The first-order valence-electron chi connectivity index (χ1n) is 6.10. The van der Waals surface area contributed by atoms with E-state index in [1.807, 2.05) is 13.2 Å². The standard InChI is InChI=1S/C13H18N2O4S/c1-8(13(7-16)20-3)14-10-4-5-12(15(18)19)11(6-10)9(2)17/h4-6,8,13-14,16H,7H2,1-3H3. The largest absolute Gasteiger partial charge is 0.395 e. The van der Waals surface area contributed by atoms with Crippen molar-refractivity contribution in [1.82, 2.24) is 0 Å². The third-order valence-electron chi connectivity index (χ3n) is 3.01. The second-order valence-electron chi connectivity index (χ2n) is 4.43. The summed E-state index contributed by atoms with van der Waals surface area (Å²) in [4.78, 5) is 21.8. The molecule has 7 heteroatoms. The van der Waals surface area contributed by atoms with Gasteiger partial charge in [0.2, 0.25) is 0 Å². The predicted octanol–water partition coefficient (Wildman–Crippen LogP) is 2.32. The van der Waals surface area contributed by atoms with Crippen molar-refractivity contribution in [1.29, 1.82) is 0 Å². The van der Waals surface area contributed by atoms with Crippen molar-refractivity contribution in [3.05, 3.63) is 33.9 Å². The summed E-state index contributed by atoms with van der Waals surface area (Å²) in [6.45, 7) is 3.24. The lowest BCUT2D eigenvalue weighted by molar-refractivity contribution is -0.385. The van der Waals surface area contributed by atoms with Gasteiger partial charge in [0.1, 0.15) is 0 Å². The number of nitrogens with one attached hydrogen (secondary N) is 1.